The zero-order chi connectivity index (χ0) is 22.4. The summed E-state index contributed by atoms with van der Waals surface area (Å²) in [4.78, 5) is 67.3. The maximum absolute atomic E-state index is 13.4. The predicted octanol–water partition coefficient (Wildman–Crippen LogP) is 0.924. The summed E-state index contributed by atoms with van der Waals surface area (Å²) in [5, 5.41) is -0.0815. The summed E-state index contributed by atoms with van der Waals surface area (Å²) >= 11 is 5.81. The molecule has 0 aromatic heterocycles. The van der Waals surface area contributed by atoms with Crippen LogP contribution in [0.15, 0.2) is 29.5 Å². The maximum atomic E-state index is 13.4. The molecule has 0 spiro atoms. The van der Waals surface area contributed by atoms with Gasteiger partial charge < -0.3 is 14.7 Å². The van der Waals surface area contributed by atoms with Gasteiger partial charge in [-0.25, -0.2) is 4.39 Å². The standard InChI is InChI=1S/C21H19ClFN3O5/c1-24-10-12(27)4-7-26-17(20(24)30)13-5-6-25(19(29)16(13)18(28)21(26)31)9-11-2-3-15(23)14(22)8-11/h2-3,8,16H,4-7,9-10H2,1H3. The van der Waals surface area contributed by atoms with Crippen LogP contribution in [-0.4, -0.2) is 70.7 Å². The topological polar surface area (TPSA) is 95.1 Å². The van der Waals surface area contributed by atoms with E-state index in [2.05, 4.69) is 0 Å². The lowest BCUT2D eigenvalue weighted by Crippen LogP contribution is -2.57. The molecule has 1 unspecified atom stereocenters. The van der Waals surface area contributed by atoms with E-state index in [1.54, 1.807) is 0 Å². The van der Waals surface area contributed by atoms with Crippen LogP contribution in [-0.2, 0) is 30.5 Å². The number of Topliss-reactive ketones (excluding diaryl/α,β-unsaturated/α-hetero) is 2. The van der Waals surface area contributed by atoms with Crippen molar-refractivity contribution in [2.45, 2.75) is 19.4 Å². The molecule has 0 saturated carbocycles. The Balaban J connectivity index is 1.69. The Hall–Kier alpha value is -3.07. The molecular weight excluding hydrogens is 429 g/mol. The maximum Gasteiger partial charge on any atom is 0.295 e. The zero-order valence-electron chi connectivity index (χ0n) is 16.7. The highest BCUT2D eigenvalue weighted by molar-refractivity contribution is 6.43. The number of piperidine rings is 1. The first kappa shape index (κ1) is 21.2. The number of rotatable bonds is 2. The lowest BCUT2D eigenvalue weighted by atomic mass is 9.81. The fraction of sp³-hybridized carbons (Fsp3) is 0.381. The first-order chi connectivity index (χ1) is 14.7. The number of halogens is 2. The molecule has 10 heteroatoms. The molecule has 3 amide bonds. The van der Waals surface area contributed by atoms with E-state index < -0.39 is 35.2 Å². The van der Waals surface area contributed by atoms with Crippen molar-refractivity contribution >= 4 is 40.9 Å². The van der Waals surface area contributed by atoms with Gasteiger partial charge in [-0.15, -0.1) is 0 Å². The third-order valence-corrected chi connectivity index (χ3v) is 6.07. The second-order valence-corrected chi connectivity index (χ2v) is 8.24. The fourth-order valence-electron chi connectivity index (χ4n) is 4.21. The smallest absolute Gasteiger partial charge is 0.295 e. The highest BCUT2D eigenvalue weighted by Crippen LogP contribution is 2.36. The van der Waals surface area contributed by atoms with E-state index >= 15 is 0 Å². The molecule has 0 N–H and O–H groups in total. The van der Waals surface area contributed by atoms with E-state index in [0.29, 0.717) is 11.1 Å². The van der Waals surface area contributed by atoms with Crippen LogP contribution in [0.4, 0.5) is 4.39 Å². The van der Waals surface area contributed by atoms with Gasteiger partial charge in [0.15, 0.2) is 5.78 Å². The molecule has 3 aliphatic rings. The summed E-state index contributed by atoms with van der Waals surface area (Å²) in [5.41, 5.74) is 0.920. The van der Waals surface area contributed by atoms with Gasteiger partial charge in [-0.1, -0.05) is 17.7 Å². The summed E-state index contributed by atoms with van der Waals surface area (Å²) in [7, 11) is 1.45. The Morgan fingerprint density at radius 2 is 1.81 bits per heavy atom. The third kappa shape index (κ3) is 3.63. The normalized spacial score (nSPS) is 22.5. The van der Waals surface area contributed by atoms with Crippen molar-refractivity contribution in [2.75, 3.05) is 26.7 Å². The minimum Gasteiger partial charge on any atom is -0.337 e. The van der Waals surface area contributed by atoms with Crippen molar-refractivity contribution in [3.63, 3.8) is 0 Å². The number of benzene rings is 1. The number of fused-ring (bicyclic) bond motifs is 2. The minimum absolute atomic E-state index is 0.0173. The number of carbonyl (C=O) groups is 5. The summed E-state index contributed by atoms with van der Waals surface area (Å²) in [5.74, 6) is -5.17. The zero-order valence-corrected chi connectivity index (χ0v) is 17.4. The van der Waals surface area contributed by atoms with Gasteiger partial charge in [0, 0.05) is 33.1 Å². The third-order valence-electron chi connectivity index (χ3n) is 5.78. The summed E-state index contributed by atoms with van der Waals surface area (Å²) in [6.07, 6.45) is 0.243. The molecule has 0 radical (unpaired) electrons. The van der Waals surface area contributed by atoms with Gasteiger partial charge in [-0.3, -0.25) is 24.0 Å². The number of carbonyl (C=O) groups excluding carboxylic acids is 5. The minimum atomic E-state index is -1.36. The van der Waals surface area contributed by atoms with Crippen LogP contribution in [0.25, 0.3) is 0 Å². The van der Waals surface area contributed by atoms with E-state index in [1.807, 2.05) is 0 Å². The number of likely N-dealkylation sites (tertiary alicyclic amines) is 1. The Kier molecular flexibility index (Phi) is 5.38. The van der Waals surface area contributed by atoms with Gasteiger partial charge in [0.1, 0.15) is 17.4 Å². The average molecular weight is 448 g/mol. The molecule has 3 aliphatic heterocycles. The number of ketones is 2. The quantitative estimate of drug-likeness (QED) is 0.496. The largest absolute Gasteiger partial charge is 0.337 e. The van der Waals surface area contributed by atoms with E-state index in [-0.39, 0.29) is 55.5 Å². The Bertz CT molecular complexity index is 1070. The molecule has 4 rings (SSSR count). The van der Waals surface area contributed by atoms with Gasteiger partial charge >= 0.3 is 0 Å². The molecule has 3 heterocycles. The van der Waals surface area contributed by atoms with Crippen LogP contribution in [0.1, 0.15) is 18.4 Å². The molecule has 1 aromatic rings. The fourth-order valence-corrected chi connectivity index (χ4v) is 4.42. The first-order valence-electron chi connectivity index (χ1n) is 9.77. The monoisotopic (exact) mass is 447 g/mol. The van der Waals surface area contributed by atoms with Crippen LogP contribution in [0, 0.1) is 11.7 Å². The SMILES string of the molecule is CN1CC(=O)CCN2C(=O)C(=O)C3C(=O)N(Cc4ccc(F)c(Cl)c4)CCC3=C2C1=O. The first-order valence-corrected chi connectivity index (χ1v) is 10.2. The molecule has 162 valence electrons. The van der Waals surface area contributed by atoms with E-state index in [9.17, 15) is 28.4 Å². The Labute approximate surface area is 182 Å². The molecule has 31 heavy (non-hydrogen) atoms. The molecule has 0 aliphatic carbocycles. The molecule has 1 aromatic carbocycles. The van der Waals surface area contributed by atoms with Gasteiger partial charge in [0.05, 0.1) is 11.6 Å². The van der Waals surface area contributed by atoms with Crippen LogP contribution in [0.2, 0.25) is 5.02 Å². The number of hydrogen-bond donors (Lipinski definition) is 0. The van der Waals surface area contributed by atoms with Gasteiger partial charge in [-0.2, -0.15) is 0 Å². The molecular formula is C21H19ClFN3O5. The highest BCUT2D eigenvalue weighted by atomic mass is 35.5. The van der Waals surface area contributed by atoms with Crippen molar-refractivity contribution in [1.29, 1.82) is 0 Å². The molecule has 8 nitrogen and oxygen atoms in total. The Morgan fingerprint density at radius 3 is 2.52 bits per heavy atom. The lowest BCUT2D eigenvalue weighted by molar-refractivity contribution is -0.154. The molecule has 2 fully saturated rings. The highest BCUT2D eigenvalue weighted by Gasteiger charge is 2.50. The number of hydrogen-bond acceptors (Lipinski definition) is 5. The van der Waals surface area contributed by atoms with Crippen molar-refractivity contribution in [2.24, 2.45) is 5.92 Å². The second-order valence-electron chi connectivity index (χ2n) is 7.84. The lowest BCUT2D eigenvalue weighted by Gasteiger charge is -2.41. The van der Waals surface area contributed by atoms with Crippen LogP contribution < -0.4 is 0 Å². The van der Waals surface area contributed by atoms with E-state index in [4.69, 9.17) is 11.6 Å². The summed E-state index contributed by atoms with van der Waals surface area (Å²) < 4.78 is 13.4. The number of amides is 3. The van der Waals surface area contributed by atoms with Gasteiger partial charge in [-0.05, 0) is 29.7 Å². The van der Waals surface area contributed by atoms with Crippen molar-refractivity contribution in [1.82, 2.24) is 14.7 Å². The number of nitrogens with zero attached hydrogens (tertiary/aromatic N) is 3. The van der Waals surface area contributed by atoms with Crippen LogP contribution in [0.5, 0.6) is 0 Å². The average Bonchev–Trinajstić information content (AvgIpc) is 2.72. The molecule has 2 saturated heterocycles. The van der Waals surface area contributed by atoms with Crippen LogP contribution in [0.3, 0.4) is 0 Å². The second kappa shape index (κ2) is 7.88. The van der Waals surface area contributed by atoms with E-state index in [0.717, 1.165) is 4.90 Å². The van der Waals surface area contributed by atoms with Crippen molar-refractivity contribution in [3.8, 4) is 0 Å². The van der Waals surface area contributed by atoms with Gasteiger partial charge in [0.2, 0.25) is 11.7 Å². The van der Waals surface area contributed by atoms with Crippen molar-refractivity contribution < 1.29 is 28.4 Å². The molecule has 0 bridgehead atoms. The van der Waals surface area contributed by atoms with Crippen molar-refractivity contribution in [3.05, 3.63) is 45.9 Å². The van der Waals surface area contributed by atoms with Gasteiger partial charge in [0.25, 0.3) is 11.8 Å². The predicted molar refractivity (Wildman–Crippen MR) is 106 cm³/mol. The summed E-state index contributed by atoms with van der Waals surface area (Å²) in [6.45, 7) is 0.141. The van der Waals surface area contributed by atoms with E-state index in [1.165, 1.54) is 35.0 Å². The Morgan fingerprint density at radius 1 is 1.06 bits per heavy atom. The molecule has 1 atom stereocenters. The number of likely N-dealkylation sites (N-methyl/N-ethyl adjacent to an activating group) is 1. The van der Waals surface area contributed by atoms with Crippen LogP contribution >= 0.6 is 11.6 Å². The summed E-state index contributed by atoms with van der Waals surface area (Å²) in [6, 6.07) is 4.08.